The van der Waals surface area contributed by atoms with Crippen molar-refractivity contribution >= 4 is 110 Å². The molecule has 10 bridgehead atoms. The molecule has 5 atom stereocenters. The van der Waals surface area contributed by atoms with Gasteiger partial charge in [-0.2, -0.15) is 0 Å². The predicted molar refractivity (Wildman–Crippen MR) is 313 cm³/mol. The molecule has 0 radical (unpaired) electrons. The summed E-state index contributed by atoms with van der Waals surface area (Å²) in [6.45, 7) is 4.31. The molecule has 8 aromatic rings. The summed E-state index contributed by atoms with van der Waals surface area (Å²) in [6, 6.07) is 9.33. The van der Waals surface area contributed by atoms with E-state index in [0.717, 1.165) is 34.0 Å². The van der Waals surface area contributed by atoms with Crippen molar-refractivity contribution in [1.82, 2.24) is 66.8 Å². The molecular formula is C53H53N13O12S6. The number of fused-ring (bicyclic) bond motifs is 14. The molecule has 84 heavy (non-hydrogen) atoms. The van der Waals surface area contributed by atoms with Gasteiger partial charge in [-0.25, -0.2) is 39.7 Å². The van der Waals surface area contributed by atoms with Gasteiger partial charge in [0.2, 0.25) is 11.8 Å². The van der Waals surface area contributed by atoms with Gasteiger partial charge >= 0.3 is 12.1 Å². The van der Waals surface area contributed by atoms with E-state index >= 15 is 0 Å². The van der Waals surface area contributed by atoms with Crippen LogP contribution in [0.2, 0.25) is 0 Å². The Balaban J connectivity index is 1.09. The lowest BCUT2D eigenvalue weighted by Gasteiger charge is -2.23. The number of aromatic nitrogens is 7. The number of aryl methyl sites for hydroxylation is 1. The summed E-state index contributed by atoms with van der Waals surface area (Å²) in [4.78, 5) is 127. The molecule has 0 spiro atoms. The summed E-state index contributed by atoms with van der Waals surface area (Å²) in [5.74, 6) is -4.44. The standard InChI is InChI=1S/C53H53N13O12S6/c1-23(2)38-52-66-41(34(84-52)18-77-5)45(74)55-16-36(69)63-42(43(72)25-9-7-6-8-10-25)51-62-33(22-82-51)49-60-31(20-81-49)40-28(11-12-29(58-40)48-57-26(19-79-48)17-78-53(76)56-15-27(67)13-37(70)71)47-61-32(21-80-47)44(73)59-30(14-35(68)54-4)50-65-39(24(3)83-50)46(75)64-38/h6-12,19-23,27,30,38,42-43,67,72H,13-18H2,1-5H3,(H,54,68)(H,55,74)(H,56,76)(H,59,73)(H,63,69)(H,64,75)(H,70,71)/t27-,30?,38?,42?,43?/m0/s1. The first-order valence-electron chi connectivity index (χ1n) is 25.6. The summed E-state index contributed by atoms with van der Waals surface area (Å²) in [5.41, 5.74) is 2.88. The van der Waals surface area contributed by atoms with Crippen LogP contribution in [0.5, 0.6) is 0 Å². The Kier molecular flexibility index (Phi) is 19.7. The Morgan fingerprint density at radius 2 is 1.42 bits per heavy atom. The molecule has 9 N–H and O–H groups in total. The summed E-state index contributed by atoms with van der Waals surface area (Å²) >= 11 is 7.07. The first-order valence-corrected chi connectivity index (χ1v) is 30.7. The number of methoxy groups -OCH3 is 1. The summed E-state index contributed by atoms with van der Waals surface area (Å²) in [5, 5.41) is 55.9. The molecule has 0 saturated carbocycles. The van der Waals surface area contributed by atoms with Gasteiger partial charge in [0.1, 0.15) is 83.0 Å². The topological polar surface area (TPSA) is 361 Å². The van der Waals surface area contributed by atoms with Gasteiger partial charge < -0.3 is 56.7 Å². The van der Waals surface area contributed by atoms with Crippen molar-refractivity contribution in [1.29, 1.82) is 0 Å². The third-order valence-corrected chi connectivity index (χ3v) is 18.3. The maximum absolute atomic E-state index is 14.3. The number of thiazole rings is 6. The molecule has 1 aliphatic rings. The molecule has 0 saturated heterocycles. The smallest absolute Gasteiger partial charge is 0.407 e. The van der Waals surface area contributed by atoms with Crippen LogP contribution in [0.4, 0.5) is 4.79 Å². The minimum Gasteiger partial charge on any atom is -0.481 e. The molecule has 6 amide bonds. The highest BCUT2D eigenvalue weighted by Crippen LogP contribution is 2.40. The summed E-state index contributed by atoms with van der Waals surface area (Å²) < 4.78 is 10.7. The van der Waals surface area contributed by atoms with E-state index in [1.807, 2.05) is 13.8 Å². The summed E-state index contributed by atoms with van der Waals surface area (Å²) in [7, 11) is 2.92. The fourth-order valence-corrected chi connectivity index (χ4v) is 13.9. The molecule has 8 heterocycles. The van der Waals surface area contributed by atoms with Crippen LogP contribution >= 0.6 is 68.0 Å². The van der Waals surface area contributed by atoms with Crippen LogP contribution in [-0.4, -0.2) is 125 Å². The average molecular weight is 1260 g/mol. The zero-order valence-corrected chi connectivity index (χ0v) is 50.1. The number of carbonyl (C=O) groups excluding carboxylic acids is 6. The van der Waals surface area contributed by atoms with E-state index in [1.54, 1.807) is 70.9 Å². The second-order valence-electron chi connectivity index (χ2n) is 19.0. The Morgan fingerprint density at radius 3 is 2.17 bits per heavy atom. The third-order valence-electron chi connectivity index (χ3n) is 12.5. The maximum atomic E-state index is 14.3. The first-order chi connectivity index (χ1) is 40.3. The number of hydrogen-bond donors (Lipinski definition) is 9. The molecule has 0 aliphatic carbocycles. The van der Waals surface area contributed by atoms with Crippen molar-refractivity contribution in [2.45, 2.75) is 77.2 Å². The number of pyridine rings is 1. The zero-order chi connectivity index (χ0) is 59.8. The lowest BCUT2D eigenvalue weighted by atomic mass is 10.0. The predicted octanol–water partition coefficient (Wildman–Crippen LogP) is 6.37. The molecule has 438 valence electrons. The van der Waals surface area contributed by atoms with E-state index in [0.29, 0.717) is 74.4 Å². The number of nitrogens with zero attached hydrogens (tertiary/aromatic N) is 7. The molecule has 4 unspecified atom stereocenters. The van der Waals surface area contributed by atoms with Crippen LogP contribution in [0.1, 0.15) is 118 Å². The molecule has 25 nitrogen and oxygen atoms in total. The molecule has 9 rings (SSSR count). The average Bonchev–Trinajstić information content (AvgIpc) is 4.28. The Bertz CT molecular complexity index is 3730. The second kappa shape index (κ2) is 27.2. The fourth-order valence-electron chi connectivity index (χ4n) is 8.35. The Morgan fingerprint density at radius 1 is 0.702 bits per heavy atom. The van der Waals surface area contributed by atoms with E-state index < -0.39 is 84.9 Å². The van der Waals surface area contributed by atoms with Crippen molar-refractivity contribution in [3.63, 3.8) is 0 Å². The zero-order valence-electron chi connectivity index (χ0n) is 45.2. The lowest BCUT2D eigenvalue weighted by Crippen LogP contribution is -2.40. The SMILES string of the molecule is CNC(=O)CC1NC(=O)c2csc(n2)-c2ccc(-c3nc(COC(=O)NC[C@@H](O)CC(=O)O)cs3)nc2-c2csc(n2)-c2csc(n2)C(C(O)c2ccccc2)NC(=O)CNC(=O)c2nc(sc2COC)C(C(C)C)NC(=O)c2nc1sc2C. The highest BCUT2D eigenvalue weighted by molar-refractivity contribution is 7.15. The number of ether oxygens (including phenoxy) is 2. The number of aliphatic carboxylic acids is 1. The monoisotopic (exact) mass is 1260 g/mol. The highest BCUT2D eigenvalue weighted by Gasteiger charge is 2.33. The number of alkyl carbamates (subject to hydrolysis) is 1. The number of rotatable bonds is 14. The molecule has 7 aromatic heterocycles. The Hall–Kier alpha value is -7.88. The van der Waals surface area contributed by atoms with Crippen LogP contribution in [0.15, 0.2) is 64.0 Å². The molecule has 0 fully saturated rings. The van der Waals surface area contributed by atoms with Gasteiger partial charge in [0.15, 0.2) is 0 Å². The van der Waals surface area contributed by atoms with Gasteiger partial charge in [-0.1, -0.05) is 44.2 Å². The third kappa shape index (κ3) is 14.5. The fraction of sp³-hybridized carbons (Fsp3) is 0.321. The number of nitrogens with one attached hydrogen (secondary N) is 6. The molecule has 31 heteroatoms. The van der Waals surface area contributed by atoms with Crippen molar-refractivity contribution in [3.05, 3.63) is 117 Å². The van der Waals surface area contributed by atoms with Gasteiger partial charge in [-0.05, 0) is 30.5 Å². The van der Waals surface area contributed by atoms with Crippen molar-refractivity contribution in [2.24, 2.45) is 5.92 Å². The molecule has 1 aliphatic heterocycles. The number of benzene rings is 1. The quantitative estimate of drug-likeness (QED) is 0.0570. The number of hydrogen-bond acceptors (Lipinski definition) is 24. The van der Waals surface area contributed by atoms with E-state index in [2.05, 4.69) is 46.9 Å². The van der Waals surface area contributed by atoms with Gasteiger partial charge in [0.05, 0.1) is 60.4 Å². The van der Waals surface area contributed by atoms with E-state index in [1.165, 1.54) is 48.2 Å². The number of amides is 6. The minimum absolute atomic E-state index is 0.00422. The van der Waals surface area contributed by atoms with Gasteiger partial charge in [-0.15, -0.1) is 68.0 Å². The van der Waals surface area contributed by atoms with Gasteiger partial charge in [0.25, 0.3) is 17.7 Å². The van der Waals surface area contributed by atoms with E-state index in [-0.39, 0.29) is 54.2 Å². The number of carbonyl (C=O) groups is 7. The van der Waals surface area contributed by atoms with E-state index in [9.17, 15) is 43.8 Å². The number of aliphatic hydroxyl groups is 2. The van der Waals surface area contributed by atoms with Crippen LogP contribution in [0.25, 0.3) is 43.4 Å². The Labute approximate surface area is 502 Å². The van der Waals surface area contributed by atoms with Crippen molar-refractivity contribution < 1.29 is 58.4 Å². The van der Waals surface area contributed by atoms with Crippen molar-refractivity contribution in [3.8, 4) is 43.4 Å². The second-order valence-corrected chi connectivity index (χ2v) is 24.8. The largest absolute Gasteiger partial charge is 0.481 e. The van der Waals surface area contributed by atoms with Crippen LogP contribution < -0.4 is 31.9 Å². The minimum atomic E-state index is -1.31. The van der Waals surface area contributed by atoms with Gasteiger partial charge in [0, 0.05) is 52.7 Å². The van der Waals surface area contributed by atoms with Crippen LogP contribution in [-0.2, 0) is 37.1 Å². The number of carboxylic acids is 1. The van der Waals surface area contributed by atoms with Crippen molar-refractivity contribution in [2.75, 3.05) is 27.2 Å². The maximum Gasteiger partial charge on any atom is 0.407 e. The van der Waals surface area contributed by atoms with Gasteiger partial charge in [-0.3, -0.25) is 28.8 Å². The first kappa shape index (κ1) is 60.7. The normalized spacial score (nSPS) is 16.6. The van der Waals surface area contributed by atoms with Crippen LogP contribution in [0.3, 0.4) is 0 Å². The van der Waals surface area contributed by atoms with Crippen LogP contribution in [0, 0.1) is 12.8 Å². The number of aliphatic hydroxyl groups excluding tert-OH is 2. The highest BCUT2D eigenvalue weighted by atomic mass is 32.1. The summed E-state index contributed by atoms with van der Waals surface area (Å²) in [6.07, 6.45) is -4.29. The lowest BCUT2D eigenvalue weighted by molar-refractivity contribution is -0.139. The number of carboxylic acid groups (broad SMARTS) is 1. The van der Waals surface area contributed by atoms with E-state index in [4.69, 9.17) is 34.5 Å². The molecular weight excluding hydrogens is 1200 g/mol. The molecule has 1 aromatic carbocycles.